The van der Waals surface area contributed by atoms with E-state index in [1.807, 2.05) is 72.8 Å². The second-order valence-corrected chi connectivity index (χ2v) is 18.0. The van der Waals surface area contributed by atoms with Crippen LogP contribution in [0, 0.1) is 0 Å². The van der Waals surface area contributed by atoms with Gasteiger partial charge in [0.2, 0.25) is 17.6 Å². The molecule has 0 aliphatic heterocycles. The predicted molar refractivity (Wildman–Crippen MR) is 307 cm³/mol. The minimum Gasteiger partial charge on any atom is -0.478 e. The minimum absolute atomic E-state index is 0.0777. The lowest BCUT2D eigenvalue weighted by molar-refractivity contribution is 0.0942. The lowest BCUT2D eigenvalue weighted by atomic mass is 10.1. The van der Waals surface area contributed by atoms with E-state index < -0.39 is 0 Å². The minimum atomic E-state index is -0.0777. The molecule has 3 N–H and O–H groups in total. The molecule has 3 aromatic heterocycles. The standard InChI is InChI=1S/3C20H29N3O2/c3*1-4-7-14-25-19-15-17(16-10-8-9-11-18(16)22-19)20(24)21-12-13-23(5-2)6-3/h3*8-11,15H,4-7,12-14H2,1-3H3,(H,21,24). The number of fused-ring (bicyclic) bond motifs is 3. The van der Waals surface area contributed by atoms with Gasteiger partial charge in [0, 0.05) is 73.6 Å². The van der Waals surface area contributed by atoms with Crippen molar-refractivity contribution in [3.8, 4) is 17.6 Å². The van der Waals surface area contributed by atoms with Crippen LogP contribution in [0.25, 0.3) is 32.7 Å². The zero-order valence-corrected chi connectivity index (χ0v) is 46.6. The van der Waals surface area contributed by atoms with Crippen LogP contribution < -0.4 is 30.2 Å². The molecule has 0 saturated heterocycles. The van der Waals surface area contributed by atoms with Gasteiger partial charge in [-0.2, -0.15) is 0 Å². The number of hydrogen-bond donors (Lipinski definition) is 3. The fraction of sp³-hybridized carbons (Fsp3) is 0.500. The lowest BCUT2D eigenvalue weighted by Crippen LogP contribution is -2.34. The van der Waals surface area contributed by atoms with E-state index in [1.165, 1.54) is 0 Å². The first-order valence-corrected chi connectivity index (χ1v) is 27.7. The highest BCUT2D eigenvalue weighted by Gasteiger charge is 2.17. The Kier molecular flexibility index (Phi) is 28.5. The van der Waals surface area contributed by atoms with Crippen molar-refractivity contribution in [2.75, 3.05) is 98.4 Å². The van der Waals surface area contributed by atoms with Gasteiger partial charge in [-0.25, -0.2) is 15.0 Å². The number of pyridine rings is 3. The van der Waals surface area contributed by atoms with Crippen molar-refractivity contribution in [3.05, 3.63) is 108 Å². The molecule has 6 rings (SSSR count). The maximum atomic E-state index is 12.7. The molecule has 0 spiro atoms. The van der Waals surface area contributed by atoms with Crippen molar-refractivity contribution in [1.29, 1.82) is 0 Å². The summed E-state index contributed by atoms with van der Waals surface area (Å²) in [5.74, 6) is 1.31. The number of rotatable bonds is 30. The molecule has 0 unspecified atom stereocenters. The first-order valence-electron chi connectivity index (χ1n) is 27.7. The fourth-order valence-corrected chi connectivity index (χ4v) is 8.09. The number of unbranched alkanes of at least 4 members (excludes halogenated alkanes) is 3. The molecule has 0 aliphatic carbocycles. The van der Waals surface area contributed by atoms with E-state index >= 15 is 0 Å². The molecule has 0 bridgehead atoms. The summed E-state index contributed by atoms with van der Waals surface area (Å²) in [6.45, 7) is 31.3. The van der Waals surface area contributed by atoms with Crippen LogP contribution in [0.1, 0.15) is 132 Å². The van der Waals surface area contributed by atoms with Crippen molar-refractivity contribution in [3.63, 3.8) is 0 Å². The average molecular weight is 1030 g/mol. The van der Waals surface area contributed by atoms with Gasteiger partial charge < -0.3 is 44.9 Å². The number of nitrogens with one attached hydrogen (secondary N) is 3. The van der Waals surface area contributed by atoms with Crippen molar-refractivity contribution >= 4 is 50.4 Å². The summed E-state index contributed by atoms with van der Waals surface area (Å²) in [6.07, 6.45) is 6.10. The summed E-state index contributed by atoms with van der Waals surface area (Å²) < 4.78 is 17.2. The van der Waals surface area contributed by atoms with Crippen molar-refractivity contribution < 1.29 is 28.6 Å². The topological polar surface area (TPSA) is 163 Å². The summed E-state index contributed by atoms with van der Waals surface area (Å²) in [5.41, 5.74) is 4.21. The third-order valence-electron chi connectivity index (χ3n) is 12.9. The van der Waals surface area contributed by atoms with Gasteiger partial charge in [0.1, 0.15) is 0 Å². The Labute approximate surface area is 447 Å². The number of hydrogen-bond acceptors (Lipinski definition) is 12. The Balaban J connectivity index is 0.000000243. The van der Waals surface area contributed by atoms with E-state index in [9.17, 15) is 14.4 Å². The van der Waals surface area contributed by atoms with Crippen LogP contribution in [-0.2, 0) is 0 Å². The molecule has 3 heterocycles. The molecule has 3 aromatic carbocycles. The Hall–Kier alpha value is -6.42. The number of aromatic nitrogens is 3. The highest BCUT2D eigenvalue weighted by Crippen LogP contribution is 2.25. The summed E-state index contributed by atoms with van der Waals surface area (Å²) >= 11 is 0. The predicted octanol–water partition coefficient (Wildman–Crippen LogP) is 10.5. The summed E-state index contributed by atoms with van der Waals surface area (Å²) in [4.78, 5) is 58.4. The van der Waals surface area contributed by atoms with E-state index in [2.05, 4.69) is 108 Å². The summed E-state index contributed by atoms with van der Waals surface area (Å²) in [5, 5.41) is 11.6. The Morgan fingerprint density at radius 1 is 0.400 bits per heavy atom. The van der Waals surface area contributed by atoms with Gasteiger partial charge >= 0.3 is 0 Å². The van der Waals surface area contributed by atoms with E-state index in [0.29, 0.717) is 73.8 Å². The van der Waals surface area contributed by atoms with Crippen molar-refractivity contribution in [2.45, 2.75) is 101 Å². The fourth-order valence-electron chi connectivity index (χ4n) is 8.09. The van der Waals surface area contributed by atoms with Crippen molar-refractivity contribution in [2.24, 2.45) is 0 Å². The van der Waals surface area contributed by atoms with Crippen molar-refractivity contribution in [1.82, 2.24) is 45.6 Å². The smallest absolute Gasteiger partial charge is 0.252 e. The Morgan fingerprint density at radius 3 is 0.893 bits per heavy atom. The molecule has 0 radical (unpaired) electrons. The number of amides is 3. The van der Waals surface area contributed by atoms with Gasteiger partial charge in [-0.05, 0) is 76.7 Å². The van der Waals surface area contributed by atoms with Crippen LogP contribution in [0.3, 0.4) is 0 Å². The quantitative estimate of drug-likeness (QED) is 0.0367. The van der Waals surface area contributed by atoms with Gasteiger partial charge in [-0.15, -0.1) is 0 Å². The third-order valence-corrected chi connectivity index (χ3v) is 12.9. The van der Waals surface area contributed by atoms with Gasteiger partial charge in [0.15, 0.2) is 0 Å². The van der Waals surface area contributed by atoms with Gasteiger partial charge in [0.05, 0.1) is 53.1 Å². The second kappa shape index (κ2) is 35.0. The molecule has 0 saturated carbocycles. The normalized spacial score (nSPS) is 11.0. The number of para-hydroxylation sites is 3. The summed E-state index contributed by atoms with van der Waals surface area (Å²) in [6, 6.07) is 28.3. The van der Waals surface area contributed by atoms with E-state index in [-0.39, 0.29) is 17.7 Å². The maximum absolute atomic E-state index is 12.7. The molecule has 15 heteroatoms. The molecule has 0 fully saturated rings. The first kappa shape index (κ1) is 61.1. The number of benzene rings is 3. The van der Waals surface area contributed by atoms with E-state index in [0.717, 1.165) is 130 Å². The lowest BCUT2D eigenvalue weighted by Gasteiger charge is -2.18. The van der Waals surface area contributed by atoms with Crippen LogP contribution >= 0.6 is 0 Å². The Bertz CT molecular complexity index is 2330. The zero-order chi connectivity index (χ0) is 54.2. The molecule has 75 heavy (non-hydrogen) atoms. The van der Waals surface area contributed by atoms with Crippen LogP contribution in [-0.4, -0.2) is 146 Å². The molecule has 408 valence electrons. The second-order valence-electron chi connectivity index (χ2n) is 18.0. The third kappa shape index (κ3) is 20.3. The number of likely N-dealkylation sites (N-methyl/N-ethyl adjacent to an activating group) is 3. The molecule has 0 aliphatic rings. The molecular formula is C60H87N9O6. The van der Waals surface area contributed by atoms with Crippen LogP contribution in [0.4, 0.5) is 0 Å². The SMILES string of the molecule is CCCCOc1cc(C(=O)NCCN(CC)CC)c2ccccc2n1.CCCCOc1cc(C(=O)NCCN(CC)CC)c2ccccc2n1.CCCCOc1cc(C(=O)NCCN(CC)CC)c2ccccc2n1. The van der Waals surface area contributed by atoms with E-state index in [1.54, 1.807) is 18.2 Å². The highest BCUT2D eigenvalue weighted by molar-refractivity contribution is 6.08. The summed E-state index contributed by atoms with van der Waals surface area (Å²) in [7, 11) is 0. The molecule has 3 amide bonds. The largest absolute Gasteiger partial charge is 0.478 e. The number of carbonyl (C=O) groups excluding carboxylic acids is 3. The van der Waals surface area contributed by atoms with Gasteiger partial charge in [0.25, 0.3) is 17.7 Å². The number of nitrogens with zero attached hydrogens (tertiary/aromatic N) is 6. The van der Waals surface area contributed by atoms with Crippen LogP contribution in [0.15, 0.2) is 91.0 Å². The Morgan fingerprint density at radius 2 is 0.653 bits per heavy atom. The maximum Gasteiger partial charge on any atom is 0.252 e. The van der Waals surface area contributed by atoms with Crippen LogP contribution in [0.5, 0.6) is 17.6 Å². The van der Waals surface area contributed by atoms with E-state index in [4.69, 9.17) is 14.2 Å². The monoisotopic (exact) mass is 1030 g/mol. The van der Waals surface area contributed by atoms with Crippen LogP contribution in [0.2, 0.25) is 0 Å². The average Bonchev–Trinajstić information content (AvgIpc) is 3.44. The number of carbonyl (C=O) groups is 3. The molecular weight excluding hydrogens is 943 g/mol. The molecule has 6 aromatic rings. The molecule has 15 nitrogen and oxygen atoms in total. The highest BCUT2D eigenvalue weighted by atomic mass is 16.5. The first-order chi connectivity index (χ1) is 36.6. The van der Waals surface area contributed by atoms with Gasteiger partial charge in [-0.3, -0.25) is 14.4 Å². The number of ether oxygens (including phenoxy) is 3. The zero-order valence-electron chi connectivity index (χ0n) is 46.6. The molecule has 0 atom stereocenters. The van der Waals surface area contributed by atoms with Gasteiger partial charge in [-0.1, -0.05) is 136 Å².